The van der Waals surface area contributed by atoms with Gasteiger partial charge in [-0.1, -0.05) is 60.1 Å². The molecule has 0 bridgehead atoms. The van der Waals surface area contributed by atoms with Crippen LogP contribution in [0.4, 0.5) is 0 Å². The number of nitrogens with zero attached hydrogens (tertiary/aromatic N) is 1. The van der Waals surface area contributed by atoms with Crippen molar-refractivity contribution in [1.29, 1.82) is 0 Å². The van der Waals surface area contributed by atoms with E-state index in [1.165, 1.54) is 46.7 Å². The van der Waals surface area contributed by atoms with Gasteiger partial charge in [0, 0.05) is 17.6 Å². The normalized spacial score (nSPS) is 19.4. The van der Waals surface area contributed by atoms with Gasteiger partial charge >= 0.3 is 0 Å². The summed E-state index contributed by atoms with van der Waals surface area (Å²) in [6.45, 7) is 8.28. The molecule has 0 saturated carbocycles. The van der Waals surface area contributed by atoms with E-state index in [1.54, 1.807) is 0 Å². The Morgan fingerprint density at radius 1 is 1.10 bits per heavy atom. The number of fused-ring (bicyclic) bond motifs is 1. The maximum Gasteiger partial charge on any atom is 0.0253 e. The highest BCUT2D eigenvalue weighted by atomic mass is 79.9. The summed E-state index contributed by atoms with van der Waals surface area (Å²) in [5.74, 6) is 0. The minimum atomic E-state index is 0.462. The number of hydrogen-bond acceptors (Lipinski definition) is 1. The largest absolute Gasteiger partial charge is 0.299 e. The van der Waals surface area contributed by atoms with E-state index in [0.717, 1.165) is 6.54 Å². The Morgan fingerprint density at radius 3 is 2.60 bits per heavy atom. The average Bonchev–Trinajstić information content (AvgIpc) is 2.41. The van der Waals surface area contributed by atoms with E-state index in [9.17, 15) is 0 Å². The first-order valence-corrected chi connectivity index (χ1v) is 8.23. The van der Waals surface area contributed by atoms with E-state index in [4.69, 9.17) is 0 Å². The standard InChI is InChI=1S/C18H22BrN/c1-18(2)10-5-11-20(13-18)12-14-8-9-17(19)16-7-4-3-6-15(14)16/h3-4,6-9H,5,10-13H2,1-2H3. The molecule has 0 aliphatic carbocycles. The van der Waals surface area contributed by atoms with Crippen molar-refractivity contribution in [2.75, 3.05) is 13.1 Å². The molecule has 1 saturated heterocycles. The van der Waals surface area contributed by atoms with E-state index in [-0.39, 0.29) is 0 Å². The minimum absolute atomic E-state index is 0.462. The van der Waals surface area contributed by atoms with Gasteiger partial charge in [0.1, 0.15) is 0 Å². The second-order valence-electron chi connectivity index (χ2n) is 6.73. The second kappa shape index (κ2) is 5.50. The third kappa shape index (κ3) is 2.91. The summed E-state index contributed by atoms with van der Waals surface area (Å²) in [5, 5.41) is 2.70. The smallest absolute Gasteiger partial charge is 0.0253 e. The number of rotatable bonds is 2. The van der Waals surface area contributed by atoms with Crippen molar-refractivity contribution in [3.8, 4) is 0 Å². The van der Waals surface area contributed by atoms with Gasteiger partial charge in [-0.15, -0.1) is 0 Å². The lowest BCUT2D eigenvalue weighted by atomic mass is 9.84. The molecule has 0 unspecified atom stereocenters. The molecule has 0 aromatic heterocycles. The molecule has 2 aromatic rings. The van der Waals surface area contributed by atoms with E-state index >= 15 is 0 Å². The molecule has 0 amide bonds. The number of benzene rings is 2. The summed E-state index contributed by atoms with van der Waals surface area (Å²) in [7, 11) is 0. The number of likely N-dealkylation sites (tertiary alicyclic amines) is 1. The molecule has 1 aliphatic rings. The Morgan fingerprint density at radius 2 is 1.85 bits per heavy atom. The molecule has 106 valence electrons. The minimum Gasteiger partial charge on any atom is -0.299 e. The monoisotopic (exact) mass is 331 g/mol. The van der Waals surface area contributed by atoms with Crippen LogP contribution in [0.3, 0.4) is 0 Å². The van der Waals surface area contributed by atoms with E-state index in [1.807, 2.05) is 0 Å². The fourth-order valence-electron chi connectivity index (χ4n) is 3.38. The lowest BCUT2D eigenvalue weighted by molar-refractivity contribution is 0.112. The Kier molecular flexibility index (Phi) is 3.87. The SMILES string of the molecule is CC1(C)CCCN(Cc2ccc(Br)c3ccccc23)C1. The zero-order valence-electron chi connectivity index (χ0n) is 12.3. The van der Waals surface area contributed by atoms with Crippen LogP contribution in [0.1, 0.15) is 32.3 Å². The number of hydrogen-bond donors (Lipinski definition) is 0. The first-order chi connectivity index (χ1) is 9.55. The van der Waals surface area contributed by atoms with Gasteiger partial charge in [-0.25, -0.2) is 0 Å². The highest BCUT2D eigenvalue weighted by Crippen LogP contribution is 2.31. The lowest BCUT2D eigenvalue weighted by Gasteiger charge is -2.38. The van der Waals surface area contributed by atoms with Crippen molar-refractivity contribution in [2.24, 2.45) is 5.41 Å². The molecule has 3 rings (SSSR count). The van der Waals surface area contributed by atoms with Gasteiger partial charge in [0.15, 0.2) is 0 Å². The highest BCUT2D eigenvalue weighted by Gasteiger charge is 2.26. The third-order valence-electron chi connectivity index (χ3n) is 4.33. The van der Waals surface area contributed by atoms with Gasteiger partial charge in [-0.3, -0.25) is 4.90 Å². The van der Waals surface area contributed by atoms with Crippen molar-refractivity contribution in [3.05, 3.63) is 46.4 Å². The van der Waals surface area contributed by atoms with Crippen molar-refractivity contribution in [1.82, 2.24) is 4.90 Å². The molecule has 0 radical (unpaired) electrons. The Bertz CT molecular complexity index is 618. The van der Waals surface area contributed by atoms with Crippen LogP contribution in [-0.4, -0.2) is 18.0 Å². The van der Waals surface area contributed by atoms with Crippen molar-refractivity contribution < 1.29 is 0 Å². The molecule has 0 N–H and O–H groups in total. The highest BCUT2D eigenvalue weighted by molar-refractivity contribution is 9.10. The zero-order valence-corrected chi connectivity index (χ0v) is 13.9. The van der Waals surface area contributed by atoms with Gasteiger partial charge in [0.2, 0.25) is 0 Å². The predicted octanol–water partition coefficient (Wildman–Crippen LogP) is 5.22. The van der Waals surface area contributed by atoms with E-state index < -0.39 is 0 Å². The van der Waals surface area contributed by atoms with Gasteiger partial charge in [-0.2, -0.15) is 0 Å². The number of halogens is 1. The molecule has 2 heteroatoms. The fraction of sp³-hybridized carbons (Fsp3) is 0.444. The Balaban J connectivity index is 1.90. The maximum absolute atomic E-state index is 3.66. The predicted molar refractivity (Wildman–Crippen MR) is 89.9 cm³/mol. The van der Waals surface area contributed by atoms with Crippen LogP contribution in [0, 0.1) is 5.41 Å². The van der Waals surface area contributed by atoms with E-state index in [2.05, 4.69) is 71.1 Å². The average molecular weight is 332 g/mol. The maximum atomic E-state index is 3.66. The summed E-state index contributed by atoms with van der Waals surface area (Å²) < 4.78 is 1.19. The zero-order chi connectivity index (χ0) is 14.2. The van der Waals surface area contributed by atoms with Gasteiger partial charge in [0.05, 0.1) is 0 Å². The molecule has 1 aliphatic heterocycles. The van der Waals surface area contributed by atoms with Crippen LogP contribution in [0.2, 0.25) is 0 Å². The summed E-state index contributed by atoms with van der Waals surface area (Å²) >= 11 is 3.66. The van der Waals surface area contributed by atoms with Crippen LogP contribution < -0.4 is 0 Å². The fourth-order valence-corrected chi connectivity index (χ4v) is 3.86. The van der Waals surface area contributed by atoms with Crippen molar-refractivity contribution >= 4 is 26.7 Å². The van der Waals surface area contributed by atoms with E-state index in [0.29, 0.717) is 5.41 Å². The van der Waals surface area contributed by atoms with Crippen LogP contribution in [0.15, 0.2) is 40.9 Å². The van der Waals surface area contributed by atoms with Gasteiger partial charge in [-0.05, 0) is 47.2 Å². The van der Waals surface area contributed by atoms with Crippen molar-refractivity contribution in [3.63, 3.8) is 0 Å². The van der Waals surface area contributed by atoms with Gasteiger partial charge in [0.25, 0.3) is 0 Å². The second-order valence-corrected chi connectivity index (χ2v) is 7.58. The quantitative estimate of drug-likeness (QED) is 0.728. The Labute approximate surface area is 130 Å². The first-order valence-electron chi connectivity index (χ1n) is 7.44. The summed E-state index contributed by atoms with van der Waals surface area (Å²) in [6, 6.07) is 13.1. The van der Waals surface area contributed by atoms with Crippen LogP contribution >= 0.6 is 15.9 Å². The molecular formula is C18H22BrN. The lowest BCUT2D eigenvalue weighted by Crippen LogP contribution is -2.39. The summed E-state index contributed by atoms with van der Waals surface area (Å²) in [4.78, 5) is 2.61. The third-order valence-corrected chi connectivity index (χ3v) is 5.03. The van der Waals surface area contributed by atoms with Crippen LogP contribution in [0.5, 0.6) is 0 Å². The molecule has 1 nitrogen and oxygen atoms in total. The number of piperidine rings is 1. The molecule has 20 heavy (non-hydrogen) atoms. The summed E-state index contributed by atoms with van der Waals surface area (Å²) in [6.07, 6.45) is 2.67. The molecule has 0 spiro atoms. The van der Waals surface area contributed by atoms with Crippen molar-refractivity contribution in [2.45, 2.75) is 33.2 Å². The molecule has 1 fully saturated rings. The molecule has 1 heterocycles. The molecule has 0 atom stereocenters. The summed E-state index contributed by atoms with van der Waals surface area (Å²) in [5.41, 5.74) is 1.91. The molecular weight excluding hydrogens is 310 g/mol. The Hall–Kier alpha value is -0.860. The first kappa shape index (κ1) is 14.1. The van der Waals surface area contributed by atoms with Crippen LogP contribution in [-0.2, 0) is 6.54 Å². The van der Waals surface area contributed by atoms with Crippen LogP contribution in [0.25, 0.3) is 10.8 Å². The molecule has 2 aromatic carbocycles. The topological polar surface area (TPSA) is 3.24 Å². The van der Waals surface area contributed by atoms with Gasteiger partial charge < -0.3 is 0 Å².